The Bertz CT molecular complexity index is 464. The molecule has 1 aromatic rings. The van der Waals surface area contributed by atoms with Crippen LogP contribution in [0.3, 0.4) is 0 Å². The van der Waals surface area contributed by atoms with E-state index < -0.39 is 27.0 Å². The number of rotatable bonds is 3. The zero-order valence-corrected chi connectivity index (χ0v) is 9.72. The highest BCUT2D eigenvalue weighted by Crippen LogP contribution is 2.25. The number of alkyl halides is 3. The summed E-state index contributed by atoms with van der Waals surface area (Å²) in [6, 6.07) is 1.06. The number of pyridine rings is 1. The monoisotopic (exact) mass is 300 g/mol. The van der Waals surface area contributed by atoms with E-state index in [-0.39, 0.29) is 0 Å². The van der Waals surface area contributed by atoms with Crippen LogP contribution < -0.4 is 5.14 Å². The van der Waals surface area contributed by atoms with Crippen LogP contribution in [0.2, 0.25) is 0 Å². The van der Waals surface area contributed by atoms with Crippen molar-refractivity contribution in [2.45, 2.75) is 16.8 Å². The summed E-state index contributed by atoms with van der Waals surface area (Å²) in [5, 5.41) is 4.29. The SMILES string of the molecule is NS(=O)(=O)c1ncc(CBr)cc1C(F)F. The van der Waals surface area contributed by atoms with E-state index >= 15 is 0 Å². The molecule has 0 spiro atoms. The molecule has 2 N–H and O–H groups in total. The molecule has 1 aromatic heterocycles. The van der Waals surface area contributed by atoms with Gasteiger partial charge in [0.15, 0.2) is 5.03 Å². The maximum atomic E-state index is 12.5. The highest BCUT2D eigenvalue weighted by molar-refractivity contribution is 9.08. The number of hydrogen-bond donors (Lipinski definition) is 1. The second kappa shape index (κ2) is 4.50. The lowest BCUT2D eigenvalue weighted by atomic mass is 10.2. The predicted octanol–water partition coefficient (Wildman–Crippen LogP) is 1.56. The van der Waals surface area contributed by atoms with Crippen LogP contribution >= 0.6 is 15.9 Å². The van der Waals surface area contributed by atoms with Gasteiger partial charge in [0, 0.05) is 11.5 Å². The molecule has 0 aliphatic heterocycles. The topological polar surface area (TPSA) is 73.1 Å². The van der Waals surface area contributed by atoms with Gasteiger partial charge in [-0.15, -0.1) is 0 Å². The number of primary sulfonamides is 1. The molecule has 15 heavy (non-hydrogen) atoms. The fourth-order valence-corrected chi connectivity index (χ4v) is 1.96. The molecular weight excluding hydrogens is 294 g/mol. The van der Waals surface area contributed by atoms with Crippen molar-refractivity contribution in [3.05, 3.63) is 23.4 Å². The smallest absolute Gasteiger partial charge is 0.243 e. The number of halogens is 3. The van der Waals surface area contributed by atoms with E-state index in [2.05, 4.69) is 20.9 Å². The molecule has 0 aromatic carbocycles. The average molecular weight is 301 g/mol. The van der Waals surface area contributed by atoms with E-state index in [0.29, 0.717) is 10.9 Å². The van der Waals surface area contributed by atoms with Crippen molar-refractivity contribution < 1.29 is 17.2 Å². The summed E-state index contributed by atoms with van der Waals surface area (Å²) >= 11 is 3.05. The van der Waals surface area contributed by atoms with Crippen LogP contribution in [0.1, 0.15) is 17.6 Å². The first kappa shape index (κ1) is 12.5. The molecule has 0 fully saturated rings. The van der Waals surface area contributed by atoms with Crippen LogP contribution in [0.25, 0.3) is 0 Å². The first-order chi connectivity index (χ1) is 6.86. The highest BCUT2D eigenvalue weighted by Gasteiger charge is 2.22. The Morgan fingerprint density at radius 3 is 2.53 bits per heavy atom. The van der Waals surface area contributed by atoms with E-state index in [1.54, 1.807) is 0 Å². The minimum Gasteiger partial charge on any atom is -0.243 e. The summed E-state index contributed by atoms with van der Waals surface area (Å²) in [6.45, 7) is 0. The van der Waals surface area contributed by atoms with Gasteiger partial charge in [-0.05, 0) is 11.6 Å². The molecule has 0 saturated heterocycles. The zero-order chi connectivity index (χ0) is 11.6. The Balaban J connectivity index is 3.41. The molecule has 0 saturated carbocycles. The van der Waals surface area contributed by atoms with Crippen molar-refractivity contribution in [3.63, 3.8) is 0 Å². The molecule has 0 aliphatic carbocycles. The average Bonchev–Trinajstić information content (AvgIpc) is 2.15. The first-order valence-corrected chi connectivity index (χ1v) is 6.38. The number of nitrogens with zero attached hydrogens (tertiary/aromatic N) is 1. The van der Waals surface area contributed by atoms with Gasteiger partial charge in [-0.2, -0.15) is 0 Å². The van der Waals surface area contributed by atoms with Gasteiger partial charge in [-0.3, -0.25) is 0 Å². The van der Waals surface area contributed by atoms with Gasteiger partial charge in [0.25, 0.3) is 16.4 Å². The third-order valence-electron chi connectivity index (χ3n) is 1.59. The van der Waals surface area contributed by atoms with Crippen molar-refractivity contribution in [1.29, 1.82) is 0 Å². The third-order valence-corrected chi connectivity index (χ3v) is 3.12. The Labute approximate surface area is 93.7 Å². The van der Waals surface area contributed by atoms with Crippen molar-refractivity contribution in [1.82, 2.24) is 4.98 Å². The van der Waals surface area contributed by atoms with Gasteiger partial charge in [0.2, 0.25) is 0 Å². The van der Waals surface area contributed by atoms with Gasteiger partial charge < -0.3 is 0 Å². The second-order valence-electron chi connectivity index (χ2n) is 2.72. The quantitative estimate of drug-likeness (QED) is 0.861. The molecule has 8 heteroatoms. The lowest BCUT2D eigenvalue weighted by molar-refractivity contribution is 0.147. The van der Waals surface area contributed by atoms with Gasteiger partial charge in [-0.1, -0.05) is 15.9 Å². The Kier molecular flexibility index (Phi) is 3.74. The summed E-state index contributed by atoms with van der Waals surface area (Å²) in [4.78, 5) is 3.42. The van der Waals surface area contributed by atoms with Crippen LogP contribution in [-0.2, 0) is 15.4 Å². The molecule has 1 heterocycles. The normalized spacial score (nSPS) is 12.1. The molecule has 0 amide bonds. The van der Waals surface area contributed by atoms with E-state index in [4.69, 9.17) is 5.14 Å². The molecule has 4 nitrogen and oxygen atoms in total. The van der Waals surface area contributed by atoms with E-state index in [1.165, 1.54) is 6.20 Å². The van der Waals surface area contributed by atoms with Crippen molar-refractivity contribution in [3.8, 4) is 0 Å². The highest BCUT2D eigenvalue weighted by atomic mass is 79.9. The maximum Gasteiger partial charge on any atom is 0.266 e. The van der Waals surface area contributed by atoms with Crippen LogP contribution in [0.4, 0.5) is 8.78 Å². The second-order valence-corrected chi connectivity index (χ2v) is 4.75. The molecule has 0 radical (unpaired) electrons. The van der Waals surface area contributed by atoms with E-state index in [9.17, 15) is 17.2 Å². The largest absolute Gasteiger partial charge is 0.266 e. The molecular formula is C7H7BrF2N2O2S. The summed E-state index contributed by atoms with van der Waals surface area (Å²) in [5.74, 6) is 0. The molecule has 84 valence electrons. The van der Waals surface area contributed by atoms with Gasteiger partial charge >= 0.3 is 0 Å². The number of sulfonamides is 1. The molecule has 1 rings (SSSR count). The van der Waals surface area contributed by atoms with Crippen molar-refractivity contribution in [2.24, 2.45) is 5.14 Å². The minimum atomic E-state index is -4.21. The Morgan fingerprint density at radius 2 is 2.13 bits per heavy atom. The number of hydrogen-bond acceptors (Lipinski definition) is 3. The van der Waals surface area contributed by atoms with E-state index in [0.717, 1.165) is 6.07 Å². The Hall–Kier alpha value is -0.600. The number of nitrogens with two attached hydrogens (primary N) is 1. The Morgan fingerprint density at radius 1 is 1.53 bits per heavy atom. The van der Waals surface area contributed by atoms with Crippen LogP contribution in [0, 0.1) is 0 Å². The summed E-state index contributed by atoms with van der Waals surface area (Å²) in [5.41, 5.74) is -0.216. The summed E-state index contributed by atoms with van der Waals surface area (Å²) < 4.78 is 46.9. The molecule has 0 bridgehead atoms. The summed E-state index contributed by atoms with van der Waals surface area (Å²) in [7, 11) is -4.21. The van der Waals surface area contributed by atoms with Crippen LogP contribution in [0.5, 0.6) is 0 Å². The molecule has 0 unspecified atom stereocenters. The first-order valence-electron chi connectivity index (χ1n) is 3.72. The lowest BCUT2D eigenvalue weighted by Crippen LogP contribution is -2.17. The van der Waals surface area contributed by atoms with Crippen molar-refractivity contribution in [2.75, 3.05) is 0 Å². The fourth-order valence-electron chi connectivity index (χ4n) is 0.982. The van der Waals surface area contributed by atoms with E-state index in [1.807, 2.05) is 0 Å². The fraction of sp³-hybridized carbons (Fsp3) is 0.286. The van der Waals surface area contributed by atoms with Crippen LogP contribution in [0.15, 0.2) is 17.3 Å². The molecule has 0 atom stereocenters. The maximum absolute atomic E-state index is 12.5. The minimum absolute atomic E-state index is 0.310. The number of aromatic nitrogens is 1. The van der Waals surface area contributed by atoms with Gasteiger partial charge in [0.1, 0.15) is 0 Å². The molecule has 0 aliphatic rings. The zero-order valence-electron chi connectivity index (χ0n) is 7.32. The van der Waals surface area contributed by atoms with Crippen molar-refractivity contribution >= 4 is 26.0 Å². The summed E-state index contributed by atoms with van der Waals surface area (Å²) in [6.07, 6.45) is -1.75. The van der Waals surface area contributed by atoms with Gasteiger partial charge in [-0.25, -0.2) is 27.3 Å². The lowest BCUT2D eigenvalue weighted by Gasteiger charge is -2.06. The van der Waals surface area contributed by atoms with Gasteiger partial charge in [0.05, 0.1) is 5.56 Å². The predicted molar refractivity (Wildman–Crippen MR) is 53.2 cm³/mol. The standard InChI is InChI=1S/C7H7BrF2N2O2S/c8-2-4-1-5(6(9)10)7(12-3-4)15(11,13)14/h1,3,6H,2H2,(H2,11,13,14). The van der Waals surface area contributed by atoms with Crippen LogP contribution in [-0.4, -0.2) is 13.4 Å². The third kappa shape index (κ3) is 2.93.